The molecule has 0 aromatic carbocycles. The second-order valence-electron chi connectivity index (χ2n) is 6.86. The van der Waals surface area contributed by atoms with Crippen LogP contribution in [0, 0.1) is 6.92 Å². The molecule has 1 saturated heterocycles. The number of aromatic nitrogens is 3. The summed E-state index contributed by atoms with van der Waals surface area (Å²) in [4.78, 5) is 16.5. The van der Waals surface area contributed by atoms with Gasteiger partial charge in [-0.15, -0.1) is 10.2 Å². The molecule has 1 fully saturated rings. The van der Waals surface area contributed by atoms with E-state index < -0.39 is 0 Å². The Morgan fingerprint density at radius 1 is 1.25 bits per heavy atom. The molecule has 0 spiro atoms. The molecule has 3 heterocycles. The van der Waals surface area contributed by atoms with Gasteiger partial charge in [-0.05, 0) is 52.2 Å². The number of hydrogen-bond donors (Lipinski definition) is 1. The van der Waals surface area contributed by atoms with Crippen LogP contribution in [-0.2, 0) is 0 Å². The van der Waals surface area contributed by atoms with Crippen molar-refractivity contribution in [3.63, 3.8) is 0 Å². The predicted octanol–water partition coefficient (Wildman–Crippen LogP) is 2.83. The van der Waals surface area contributed by atoms with E-state index in [-0.39, 0.29) is 11.8 Å². The van der Waals surface area contributed by atoms with Crippen molar-refractivity contribution in [3.8, 4) is 0 Å². The molecule has 0 radical (unpaired) electrons. The molecule has 2 aromatic rings. The van der Waals surface area contributed by atoms with Crippen LogP contribution in [0.2, 0.25) is 0 Å². The number of nitrogens with one attached hydrogen (secondary N) is 1. The van der Waals surface area contributed by atoms with Crippen molar-refractivity contribution in [1.29, 1.82) is 0 Å². The van der Waals surface area contributed by atoms with Gasteiger partial charge in [-0.2, -0.15) is 0 Å². The molecular formula is C17H27N5OS. The highest BCUT2D eigenvalue weighted by molar-refractivity contribution is 7.19. The summed E-state index contributed by atoms with van der Waals surface area (Å²) in [5, 5.41) is 11.5. The van der Waals surface area contributed by atoms with Gasteiger partial charge >= 0.3 is 0 Å². The summed E-state index contributed by atoms with van der Waals surface area (Å²) in [6, 6.07) is 0. The third-order valence-electron chi connectivity index (χ3n) is 4.62. The smallest absolute Gasteiger partial charge is 0.263 e. The van der Waals surface area contributed by atoms with Crippen molar-refractivity contribution < 1.29 is 4.79 Å². The van der Waals surface area contributed by atoms with Gasteiger partial charge in [0.2, 0.25) is 4.96 Å². The van der Waals surface area contributed by atoms with E-state index in [4.69, 9.17) is 0 Å². The Kier molecular flexibility index (Phi) is 5.50. The molecule has 24 heavy (non-hydrogen) atoms. The Bertz CT molecular complexity index is 699. The van der Waals surface area contributed by atoms with Gasteiger partial charge in [0.15, 0.2) is 0 Å². The van der Waals surface area contributed by atoms with Gasteiger partial charge in [0.1, 0.15) is 10.7 Å². The standard InChI is InChI=1S/C17H27N5OS/c1-12(2)15-19-20-17-22(15)13(3)14(24-17)16(23)18-8-4-5-9-21-10-6-7-11-21/h12H,4-11H2,1-3H3,(H,18,23). The number of fused-ring (bicyclic) bond motifs is 1. The van der Waals surface area contributed by atoms with Crippen molar-refractivity contribution in [2.45, 2.75) is 52.4 Å². The van der Waals surface area contributed by atoms with Gasteiger partial charge in [0.05, 0.1) is 0 Å². The van der Waals surface area contributed by atoms with Crippen molar-refractivity contribution >= 4 is 22.2 Å². The Balaban J connectivity index is 1.53. The number of carbonyl (C=O) groups excluding carboxylic acids is 1. The van der Waals surface area contributed by atoms with Crippen LogP contribution in [0.1, 0.15) is 66.6 Å². The largest absolute Gasteiger partial charge is 0.351 e. The minimum absolute atomic E-state index is 0.0129. The molecule has 0 saturated carbocycles. The van der Waals surface area contributed by atoms with Crippen molar-refractivity contribution in [3.05, 3.63) is 16.4 Å². The quantitative estimate of drug-likeness (QED) is 0.781. The zero-order valence-corrected chi connectivity index (χ0v) is 15.7. The average molecular weight is 350 g/mol. The van der Waals surface area contributed by atoms with Crippen molar-refractivity contribution in [2.24, 2.45) is 0 Å². The summed E-state index contributed by atoms with van der Waals surface area (Å²) in [5.41, 5.74) is 0.943. The molecule has 1 amide bonds. The maximum atomic E-state index is 12.5. The van der Waals surface area contributed by atoms with E-state index in [0.717, 1.165) is 47.3 Å². The van der Waals surface area contributed by atoms with Crippen molar-refractivity contribution in [1.82, 2.24) is 24.8 Å². The molecule has 2 aromatic heterocycles. The van der Waals surface area contributed by atoms with Crippen LogP contribution in [0.15, 0.2) is 0 Å². The number of hydrogen-bond acceptors (Lipinski definition) is 5. The van der Waals surface area contributed by atoms with Crippen LogP contribution in [0.25, 0.3) is 4.96 Å². The van der Waals surface area contributed by atoms with E-state index in [1.54, 1.807) is 0 Å². The number of amides is 1. The predicted molar refractivity (Wildman–Crippen MR) is 96.9 cm³/mol. The van der Waals surface area contributed by atoms with Crippen LogP contribution in [0.3, 0.4) is 0 Å². The monoisotopic (exact) mass is 349 g/mol. The fraction of sp³-hybridized carbons (Fsp3) is 0.706. The van der Waals surface area contributed by atoms with E-state index >= 15 is 0 Å². The molecule has 0 unspecified atom stereocenters. The number of carbonyl (C=O) groups is 1. The Morgan fingerprint density at radius 2 is 2.00 bits per heavy atom. The minimum atomic E-state index is 0.0129. The molecule has 7 heteroatoms. The van der Waals surface area contributed by atoms with Crippen molar-refractivity contribution in [2.75, 3.05) is 26.2 Å². The second kappa shape index (κ2) is 7.61. The van der Waals surface area contributed by atoms with Crippen LogP contribution in [0.5, 0.6) is 0 Å². The molecular weight excluding hydrogens is 322 g/mol. The first kappa shape index (κ1) is 17.4. The number of thiazole rings is 1. The van der Waals surface area contributed by atoms with E-state index in [2.05, 4.69) is 34.3 Å². The molecule has 1 aliphatic rings. The fourth-order valence-corrected chi connectivity index (χ4v) is 4.25. The lowest BCUT2D eigenvalue weighted by atomic mass is 10.2. The third-order valence-corrected chi connectivity index (χ3v) is 5.76. The molecule has 1 aliphatic heterocycles. The lowest BCUT2D eigenvalue weighted by Gasteiger charge is -2.13. The highest BCUT2D eigenvalue weighted by Gasteiger charge is 2.20. The molecule has 1 N–H and O–H groups in total. The lowest BCUT2D eigenvalue weighted by molar-refractivity contribution is 0.0955. The van der Waals surface area contributed by atoms with Crippen LogP contribution >= 0.6 is 11.3 Å². The highest BCUT2D eigenvalue weighted by Crippen LogP contribution is 2.25. The summed E-state index contributed by atoms with van der Waals surface area (Å²) in [7, 11) is 0. The molecule has 6 nitrogen and oxygen atoms in total. The van der Waals surface area contributed by atoms with E-state index in [9.17, 15) is 4.79 Å². The SMILES string of the molecule is Cc1c(C(=O)NCCCCN2CCCC2)sc2nnc(C(C)C)n12. The number of nitrogens with zero attached hydrogens (tertiary/aromatic N) is 4. The Hall–Kier alpha value is -1.47. The number of rotatable bonds is 7. The van der Waals surface area contributed by atoms with Gasteiger partial charge in [0.25, 0.3) is 5.91 Å². The van der Waals surface area contributed by atoms with Crippen LogP contribution in [0.4, 0.5) is 0 Å². The summed E-state index contributed by atoms with van der Waals surface area (Å²) < 4.78 is 2.01. The third kappa shape index (κ3) is 3.62. The number of likely N-dealkylation sites (tertiary alicyclic amines) is 1. The van der Waals surface area contributed by atoms with E-state index in [1.807, 2.05) is 11.3 Å². The molecule has 0 atom stereocenters. The topological polar surface area (TPSA) is 62.5 Å². The highest BCUT2D eigenvalue weighted by atomic mass is 32.1. The molecule has 0 bridgehead atoms. The summed E-state index contributed by atoms with van der Waals surface area (Å²) >= 11 is 1.42. The normalized spacial score (nSPS) is 15.7. The first-order valence-electron chi connectivity index (χ1n) is 8.93. The first-order chi connectivity index (χ1) is 11.6. The fourth-order valence-electron chi connectivity index (χ4n) is 3.26. The van der Waals surface area contributed by atoms with Crippen LogP contribution in [-0.4, -0.2) is 51.6 Å². The second-order valence-corrected chi connectivity index (χ2v) is 7.84. The summed E-state index contributed by atoms with van der Waals surface area (Å²) in [6.07, 6.45) is 4.85. The summed E-state index contributed by atoms with van der Waals surface area (Å²) in [5.74, 6) is 1.22. The summed E-state index contributed by atoms with van der Waals surface area (Å²) in [6.45, 7) is 10.5. The van der Waals surface area contributed by atoms with Gasteiger partial charge in [0, 0.05) is 18.2 Å². The number of aryl methyl sites for hydroxylation is 1. The molecule has 132 valence electrons. The number of unbranched alkanes of at least 4 members (excludes halogenated alkanes) is 1. The van der Waals surface area contributed by atoms with Gasteiger partial charge in [-0.25, -0.2) is 0 Å². The van der Waals surface area contributed by atoms with E-state index in [1.165, 1.54) is 37.3 Å². The minimum Gasteiger partial charge on any atom is -0.351 e. The van der Waals surface area contributed by atoms with E-state index in [0.29, 0.717) is 0 Å². The lowest BCUT2D eigenvalue weighted by Crippen LogP contribution is -2.26. The zero-order chi connectivity index (χ0) is 17.1. The van der Waals surface area contributed by atoms with Gasteiger partial charge < -0.3 is 10.2 Å². The molecule has 0 aliphatic carbocycles. The Labute approximate surface area is 147 Å². The maximum absolute atomic E-state index is 12.5. The van der Waals surface area contributed by atoms with Gasteiger partial charge in [-0.1, -0.05) is 25.2 Å². The van der Waals surface area contributed by atoms with Crippen LogP contribution < -0.4 is 5.32 Å². The zero-order valence-electron chi connectivity index (χ0n) is 14.8. The first-order valence-corrected chi connectivity index (χ1v) is 9.74. The average Bonchev–Trinajstić information content (AvgIpc) is 3.25. The van der Waals surface area contributed by atoms with Gasteiger partial charge in [-0.3, -0.25) is 9.20 Å². The maximum Gasteiger partial charge on any atom is 0.263 e. The Morgan fingerprint density at radius 3 is 2.71 bits per heavy atom. The molecule has 3 rings (SSSR count).